The number of benzene rings is 1. The van der Waals surface area contributed by atoms with Crippen LogP contribution in [0.1, 0.15) is 62.2 Å². The number of aromatic nitrogens is 1. The van der Waals surface area contributed by atoms with Crippen molar-refractivity contribution in [3.8, 4) is 0 Å². The van der Waals surface area contributed by atoms with E-state index >= 15 is 0 Å². The first kappa shape index (κ1) is 21.4. The number of para-hydroxylation sites is 1. The highest BCUT2D eigenvalue weighted by Crippen LogP contribution is 2.24. The Balaban J connectivity index is 1.72. The first-order valence-electron chi connectivity index (χ1n) is 10.4. The Labute approximate surface area is 175 Å². The second-order valence-corrected chi connectivity index (χ2v) is 8.74. The number of likely N-dealkylation sites (tertiary alicyclic amines) is 1. The predicted molar refractivity (Wildman–Crippen MR) is 115 cm³/mol. The van der Waals surface area contributed by atoms with Crippen LogP contribution in [-0.2, 0) is 9.59 Å². The molecular formula is C22H29N3O3S. The maximum absolute atomic E-state index is 13.2. The summed E-state index contributed by atoms with van der Waals surface area (Å²) in [6.07, 6.45) is 5.10. The number of thiazole rings is 1. The molecule has 0 bridgehead atoms. The number of hydrogen-bond donors (Lipinski definition) is 1. The quantitative estimate of drug-likeness (QED) is 0.525. The summed E-state index contributed by atoms with van der Waals surface area (Å²) in [5.41, 5.74) is 0.809. The van der Waals surface area contributed by atoms with E-state index in [1.54, 1.807) is 4.90 Å². The molecule has 0 radical (unpaired) electrons. The van der Waals surface area contributed by atoms with Gasteiger partial charge in [0.2, 0.25) is 17.6 Å². The third-order valence-electron chi connectivity index (χ3n) is 5.47. The minimum atomic E-state index is -0.567. The minimum Gasteiger partial charge on any atom is -0.346 e. The molecule has 7 heteroatoms. The van der Waals surface area contributed by atoms with E-state index in [1.165, 1.54) is 18.3 Å². The van der Waals surface area contributed by atoms with Gasteiger partial charge in [-0.15, -0.1) is 11.3 Å². The van der Waals surface area contributed by atoms with Gasteiger partial charge in [0.25, 0.3) is 0 Å². The van der Waals surface area contributed by atoms with Crippen molar-refractivity contribution in [1.29, 1.82) is 0 Å². The lowest BCUT2D eigenvalue weighted by Gasteiger charge is -2.32. The first-order chi connectivity index (χ1) is 14.0. The van der Waals surface area contributed by atoms with Crippen molar-refractivity contribution in [1.82, 2.24) is 15.2 Å². The zero-order valence-electron chi connectivity index (χ0n) is 17.1. The molecule has 1 aromatic heterocycles. The van der Waals surface area contributed by atoms with Crippen molar-refractivity contribution >= 4 is 39.2 Å². The summed E-state index contributed by atoms with van der Waals surface area (Å²) in [6, 6.07) is 7.11. The number of hydrogen-bond acceptors (Lipinski definition) is 5. The Morgan fingerprint density at radius 2 is 2.07 bits per heavy atom. The van der Waals surface area contributed by atoms with Crippen LogP contribution in [-0.4, -0.2) is 46.6 Å². The first-order valence-corrected chi connectivity index (χ1v) is 11.3. The second kappa shape index (κ2) is 9.96. The molecule has 1 aliphatic rings. The van der Waals surface area contributed by atoms with Crippen molar-refractivity contribution in [2.75, 3.05) is 13.1 Å². The SMILES string of the molecule is CCCCC[C@H](NC(=O)[C@@H]1CCCN(C(C)=O)C1)C(=O)c1nc2ccccc2s1. The van der Waals surface area contributed by atoms with Gasteiger partial charge in [0.05, 0.1) is 22.2 Å². The van der Waals surface area contributed by atoms with Gasteiger partial charge < -0.3 is 10.2 Å². The number of piperidine rings is 1. The Kier molecular flexibility index (Phi) is 7.36. The fourth-order valence-corrected chi connectivity index (χ4v) is 4.72. The van der Waals surface area contributed by atoms with E-state index in [-0.39, 0.29) is 23.5 Å². The Morgan fingerprint density at radius 1 is 1.28 bits per heavy atom. The number of unbranched alkanes of at least 4 members (excludes halogenated alkanes) is 2. The van der Waals surface area contributed by atoms with Gasteiger partial charge in [-0.05, 0) is 31.4 Å². The van der Waals surface area contributed by atoms with Gasteiger partial charge in [0.15, 0.2) is 5.01 Å². The maximum atomic E-state index is 13.2. The zero-order chi connectivity index (χ0) is 20.8. The molecule has 0 aliphatic carbocycles. The highest BCUT2D eigenvalue weighted by atomic mass is 32.1. The average molecular weight is 416 g/mol. The van der Waals surface area contributed by atoms with E-state index < -0.39 is 6.04 Å². The van der Waals surface area contributed by atoms with E-state index in [9.17, 15) is 14.4 Å². The Bertz CT molecular complexity index is 846. The smallest absolute Gasteiger partial charge is 0.225 e. The van der Waals surface area contributed by atoms with Gasteiger partial charge in [0, 0.05) is 20.0 Å². The number of amides is 2. The molecule has 1 fully saturated rings. The minimum absolute atomic E-state index is 0.00690. The summed E-state index contributed by atoms with van der Waals surface area (Å²) in [6.45, 7) is 4.77. The average Bonchev–Trinajstić information content (AvgIpc) is 3.17. The van der Waals surface area contributed by atoms with E-state index in [4.69, 9.17) is 0 Å². The van der Waals surface area contributed by atoms with Crippen molar-refractivity contribution in [2.24, 2.45) is 5.92 Å². The number of nitrogens with zero attached hydrogens (tertiary/aromatic N) is 2. The summed E-state index contributed by atoms with van der Waals surface area (Å²) in [5.74, 6) is -0.515. The molecule has 2 aromatic rings. The van der Waals surface area contributed by atoms with Crippen LogP contribution in [0.5, 0.6) is 0 Å². The largest absolute Gasteiger partial charge is 0.346 e. The molecule has 0 spiro atoms. The van der Waals surface area contributed by atoms with Crippen molar-refractivity contribution in [2.45, 2.75) is 58.4 Å². The molecule has 1 N–H and O–H groups in total. The van der Waals surface area contributed by atoms with Crippen molar-refractivity contribution in [3.63, 3.8) is 0 Å². The summed E-state index contributed by atoms with van der Waals surface area (Å²) in [7, 11) is 0. The van der Waals surface area contributed by atoms with Gasteiger partial charge in [-0.1, -0.05) is 38.3 Å². The van der Waals surface area contributed by atoms with Crippen molar-refractivity contribution < 1.29 is 14.4 Å². The zero-order valence-corrected chi connectivity index (χ0v) is 18.0. The topological polar surface area (TPSA) is 79.4 Å². The molecule has 0 saturated carbocycles. The normalized spacial score (nSPS) is 17.9. The molecule has 6 nitrogen and oxygen atoms in total. The number of carbonyl (C=O) groups excluding carboxylic acids is 3. The monoisotopic (exact) mass is 415 g/mol. The lowest BCUT2D eigenvalue weighted by atomic mass is 9.95. The number of nitrogens with one attached hydrogen (secondary N) is 1. The van der Waals surface area contributed by atoms with Crippen LogP contribution in [0.2, 0.25) is 0 Å². The number of Topliss-reactive ketones (excluding diaryl/α,β-unsaturated/α-hetero) is 1. The fourth-order valence-electron chi connectivity index (χ4n) is 3.76. The molecular weight excluding hydrogens is 386 g/mol. The van der Waals surface area contributed by atoms with Crippen LogP contribution in [0.3, 0.4) is 0 Å². The van der Waals surface area contributed by atoms with E-state index in [2.05, 4.69) is 17.2 Å². The number of ketones is 1. The van der Waals surface area contributed by atoms with Crippen LogP contribution >= 0.6 is 11.3 Å². The van der Waals surface area contributed by atoms with Crippen LogP contribution in [0.25, 0.3) is 10.2 Å². The highest BCUT2D eigenvalue weighted by Gasteiger charge is 2.31. The molecule has 2 atom stereocenters. The molecule has 2 amide bonds. The van der Waals surface area contributed by atoms with Crippen LogP contribution in [0, 0.1) is 5.92 Å². The molecule has 0 unspecified atom stereocenters. The molecule has 1 aliphatic heterocycles. The van der Waals surface area contributed by atoms with Crippen LogP contribution < -0.4 is 5.32 Å². The Morgan fingerprint density at radius 3 is 2.79 bits per heavy atom. The predicted octanol–water partition coefficient (Wildman–Crippen LogP) is 3.80. The van der Waals surface area contributed by atoms with E-state index in [1.807, 2.05) is 24.3 Å². The lowest BCUT2D eigenvalue weighted by molar-refractivity contribution is -0.134. The maximum Gasteiger partial charge on any atom is 0.225 e. The molecule has 29 heavy (non-hydrogen) atoms. The number of carbonyl (C=O) groups is 3. The number of fused-ring (bicyclic) bond motifs is 1. The Hall–Kier alpha value is -2.28. The fraction of sp³-hybridized carbons (Fsp3) is 0.545. The summed E-state index contributed by atoms with van der Waals surface area (Å²) < 4.78 is 0.971. The van der Waals surface area contributed by atoms with Gasteiger partial charge in [0.1, 0.15) is 0 Å². The molecule has 1 aromatic carbocycles. The molecule has 3 rings (SSSR count). The van der Waals surface area contributed by atoms with Gasteiger partial charge in [-0.2, -0.15) is 0 Å². The van der Waals surface area contributed by atoms with Crippen LogP contribution in [0.4, 0.5) is 0 Å². The molecule has 2 heterocycles. The third-order valence-corrected chi connectivity index (χ3v) is 6.52. The molecule has 156 valence electrons. The van der Waals surface area contributed by atoms with E-state index in [0.29, 0.717) is 24.5 Å². The second-order valence-electron chi connectivity index (χ2n) is 7.71. The summed E-state index contributed by atoms with van der Waals surface area (Å²) >= 11 is 1.38. The van der Waals surface area contributed by atoms with Gasteiger partial charge in [-0.3, -0.25) is 14.4 Å². The van der Waals surface area contributed by atoms with Gasteiger partial charge >= 0.3 is 0 Å². The standard InChI is InChI=1S/C22H29N3O3S/c1-3-4-5-11-18(20(27)22-24-17-10-6-7-12-19(17)29-22)23-21(28)16-9-8-13-25(14-16)15(2)26/h6-7,10,12,16,18H,3-5,8-9,11,13-14H2,1-2H3,(H,23,28)/t16-,18+/m1/s1. The molecule has 1 saturated heterocycles. The number of rotatable bonds is 8. The summed E-state index contributed by atoms with van der Waals surface area (Å²) in [4.78, 5) is 43.9. The van der Waals surface area contributed by atoms with Crippen molar-refractivity contribution in [3.05, 3.63) is 29.3 Å². The lowest BCUT2D eigenvalue weighted by Crippen LogP contribution is -2.49. The highest BCUT2D eigenvalue weighted by molar-refractivity contribution is 7.20. The summed E-state index contributed by atoms with van der Waals surface area (Å²) in [5, 5.41) is 3.43. The van der Waals surface area contributed by atoms with Crippen LogP contribution in [0.15, 0.2) is 24.3 Å². The third kappa shape index (κ3) is 5.41. The van der Waals surface area contributed by atoms with E-state index in [0.717, 1.165) is 42.3 Å². The van der Waals surface area contributed by atoms with Gasteiger partial charge in [-0.25, -0.2) is 4.98 Å².